The first kappa shape index (κ1) is 54.7. The fourth-order valence-corrected chi connectivity index (χ4v) is 12.9. The molecule has 4 aromatic rings. The highest BCUT2D eigenvalue weighted by Gasteiger charge is 2.53. The number of likely N-dealkylation sites (N-methyl/N-ethyl adjacent to an activating group) is 1. The van der Waals surface area contributed by atoms with E-state index in [0.717, 1.165) is 35.8 Å². The van der Waals surface area contributed by atoms with Crippen LogP contribution in [0.2, 0.25) is 0 Å². The van der Waals surface area contributed by atoms with Gasteiger partial charge in [0.05, 0.1) is 54.4 Å². The molecule has 4 saturated heterocycles. The summed E-state index contributed by atoms with van der Waals surface area (Å²) in [4.78, 5) is 66.0. The summed E-state index contributed by atoms with van der Waals surface area (Å²) in [5.41, 5.74) is 3.86. The van der Waals surface area contributed by atoms with Gasteiger partial charge in [0.2, 0.25) is 0 Å². The van der Waals surface area contributed by atoms with Crippen LogP contribution < -0.4 is 19.6 Å². The lowest BCUT2D eigenvalue weighted by atomic mass is 10.0. The maximum atomic E-state index is 12.8. The molecule has 4 heterocycles. The molecule has 13 heteroatoms. The second-order valence-corrected chi connectivity index (χ2v) is 23.2. The lowest BCUT2D eigenvalue weighted by Gasteiger charge is -2.27. The predicted octanol–water partition coefficient (Wildman–Crippen LogP) is 11.8. The predicted molar refractivity (Wildman–Crippen MR) is 310 cm³/mol. The summed E-state index contributed by atoms with van der Waals surface area (Å²) in [6.07, 6.45) is 16.4. The maximum absolute atomic E-state index is 12.8. The number of aliphatic hydroxyl groups is 1. The van der Waals surface area contributed by atoms with Crippen molar-refractivity contribution in [1.29, 1.82) is 0 Å². The Bertz CT molecular complexity index is 2570. The number of anilines is 4. The summed E-state index contributed by atoms with van der Waals surface area (Å²) in [5, 5.41) is 10.2. The molecule has 4 unspecified atom stereocenters. The van der Waals surface area contributed by atoms with Crippen LogP contribution in [-0.4, -0.2) is 130 Å². The van der Waals surface area contributed by atoms with Gasteiger partial charge < -0.3 is 24.7 Å². The number of nitrogens with zero attached hydrogens (tertiary/aromatic N) is 8. The maximum Gasteiger partial charge on any atom is 0.325 e. The van der Waals surface area contributed by atoms with Crippen molar-refractivity contribution >= 4 is 46.9 Å². The van der Waals surface area contributed by atoms with Crippen LogP contribution in [0.4, 0.5) is 41.9 Å². The molecule has 0 spiro atoms. The Morgan fingerprint density at radius 2 is 0.623 bits per heavy atom. The largest absolute Gasteiger partial charge is 0.387 e. The van der Waals surface area contributed by atoms with E-state index in [1.807, 2.05) is 159 Å². The van der Waals surface area contributed by atoms with E-state index in [1.165, 1.54) is 0 Å². The SMILES string of the molecule is CC(C)CN1C(=O)N(c2ccccc2)[C@H]2C=C[C@H](C)C21.CC(C)CN1C(=O)N(c2ccccc2)[C@H]2C=C[C@H](C)C21.CC(C)CN1C(=O)N(c2ccccc2)[C@H]2C=C[C@H](O)C21.C[C@H]1C=C[C@H]2C1N(C)C(=O)N2c1ccccc1. The number of para-hydroxylation sites is 4. The normalized spacial score (nSPS) is 29.2. The molecule has 77 heavy (non-hydrogen) atoms. The molecule has 4 aromatic carbocycles. The highest BCUT2D eigenvalue weighted by atomic mass is 16.3. The lowest BCUT2D eigenvalue weighted by molar-refractivity contribution is 0.116. The highest BCUT2D eigenvalue weighted by Crippen LogP contribution is 2.41. The number of amides is 8. The van der Waals surface area contributed by atoms with Crippen molar-refractivity contribution in [3.05, 3.63) is 170 Å². The van der Waals surface area contributed by atoms with Crippen molar-refractivity contribution in [3.63, 3.8) is 0 Å². The van der Waals surface area contributed by atoms with Gasteiger partial charge in [0.15, 0.2) is 0 Å². The first-order valence-corrected chi connectivity index (χ1v) is 27.9. The first-order valence-electron chi connectivity index (χ1n) is 27.9. The van der Waals surface area contributed by atoms with Crippen LogP contribution in [-0.2, 0) is 0 Å². The van der Waals surface area contributed by atoms with E-state index in [-0.39, 0.29) is 72.5 Å². The van der Waals surface area contributed by atoms with Crippen molar-refractivity contribution in [2.24, 2.45) is 35.5 Å². The number of fused-ring (bicyclic) bond motifs is 4. The summed E-state index contributed by atoms with van der Waals surface area (Å²) in [7, 11) is 1.90. The molecule has 13 nitrogen and oxygen atoms in total. The first-order chi connectivity index (χ1) is 37.0. The Morgan fingerprint density at radius 1 is 0.364 bits per heavy atom. The van der Waals surface area contributed by atoms with Crippen LogP contribution in [0.1, 0.15) is 62.3 Å². The number of hydrogen-bond acceptors (Lipinski definition) is 5. The Labute approximate surface area is 457 Å². The third-order valence-corrected chi connectivity index (χ3v) is 16.1. The minimum atomic E-state index is -0.573. The van der Waals surface area contributed by atoms with E-state index in [2.05, 4.69) is 109 Å². The minimum absolute atomic E-state index is 0.0108. The van der Waals surface area contributed by atoms with E-state index < -0.39 is 6.10 Å². The number of rotatable bonds is 10. The average Bonchev–Trinajstić information content (AvgIpc) is 4.33. The summed E-state index contributed by atoms with van der Waals surface area (Å²) in [6, 6.07) is 41.1. The number of benzene rings is 4. The average molecular weight is 1040 g/mol. The van der Waals surface area contributed by atoms with Crippen molar-refractivity contribution in [3.8, 4) is 0 Å². The summed E-state index contributed by atoms with van der Waals surface area (Å²) < 4.78 is 0. The van der Waals surface area contributed by atoms with Gasteiger partial charge >= 0.3 is 24.1 Å². The minimum Gasteiger partial charge on any atom is -0.387 e. The number of urea groups is 4. The van der Waals surface area contributed by atoms with Crippen molar-refractivity contribution < 1.29 is 24.3 Å². The van der Waals surface area contributed by atoms with Gasteiger partial charge in [-0.25, -0.2) is 19.2 Å². The number of carbonyl (C=O) groups is 4. The van der Waals surface area contributed by atoms with Gasteiger partial charge in [0, 0.05) is 49.4 Å². The van der Waals surface area contributed by atoms with Crippen LogP contribution in [0.25, 0.3) is 0 Å². The van der Waals surface area contributed by atoms with Gasteiger partial charge in [-0.2, -0.15) is 0 Å². The van der Waals surface area contributed by atoms with Gasteiger partial charge in [0.1, 0.15) is 0 Å². The summed E-state index contributed by atoms with van der Waals surface area (Å²) in [6.45, 7) is 21.7. The smallest absolute Gasteiger partial charge is 0.325 e. The monoisotopic (exact) mass is 1040 g/mol. The highest BCUT2D eigenvalue weighted by molar-refractivity contribution is 5.99. The zero-order valence-electron chi connectivity index (χ0n) is 46.6. The van der Waals surface area contributed by atoms with Crippen LogP contribution in [0.15, 0.2) is 170 Å². The zero-order valence-corrected chi connectivity index (χ0v) is 46.6. The Balaban J connectivity index is 0.000000125. The Hall–Kier alpha value is -7.12. The van der Waals surface area contributed by atoms with Crippen LogP contribution >= 0.6 is 0 Å². The van der Waals surface area contributed by atoms with Gasteiger partial charge in [-0.3, -0.25) is 19.6 Å². The van der Waals surface area contributed by atoms with E-state index >= 15 is 0 Å². The van der Waals surface area contributed by atoms with Crippen LogP contribution in [0.5, 0.6) is 0 Å². The summed E-state index contributed by atoms with van der Waals surface area (Å²) in [5.74, 6) is 2.64. The molecule has 4 aliphatic carbocycles. The van der Waals surface area contributed by atoms with E-state index in [9.17, 15) is 24.3 Å². The molecule has 0 saturated carbocycles. The molecule has 8 aliphatic rings. The molecular formula is C64H80N8O5. The Kier molecular flexibility index (Phi) is 16.5. The third kappa shape index (κ3) is 10.8. The number of hydrogen-bond donors (Lipinski definition) is 1. The molecule has 4 fully saturated rings. The molecule has 0 bridgehead atoms. The number of carbonyl (C=O) groups excluding carboxylic acids is 4. The molecular weight excluding hydrogens is 961 g/mol. The van der Waals surface area contributed by atoms with Crippen LogP contribution in [0.3, 0.4) is 0 Å². The molecule has 406 valence electrons. The second kappa shape index (κ2) is 23.2. The second-order valence-electron chi connectivity index (χ2n) is 23.2. The van der Waals surface area contributed by atoms with E-state index in [0.29, 0.717) is 42.1 Å². The summed E-state index contributed by atoms with van der Waals surface area (Å²) >= 11 is 0. The van der Waals surface area contributed by atoms with Gasteiger partial charge in [-0.05, 0) is 84.0 Å². The van der Waals surface area contributed by atoms with Crippen molar-refractivity contribution in [2.75, 3.05) is 46.3 Å². The third-order valence-electron chi connectivity index (χ3n) is 16.1. The van der Waals surface area contributed by atoms with Crippen LogP contribution in [0, 0.1) is 35.5 Å². The number of aliphatic hydroxyl groups excluding tert-OH is 1. The molecule has 8 amide bonds. The molecule has 12 rings (SSSR count). The fourth-order valence-electron chi connectivity index (χ4n) is 12.9. The lowest BCUT2D eigenvalue weighted by Crippen LogP contribution is -2.43. The van der Waals surface area contributed by atoms with Crippen molar-refractivity contribution in [1.82, 2.24) is 19.6 Å². The standard InChI is InChI=1S/2C17H22N2O.C16H20N2O2.C14H16N2O/c2*1-12(2)11-18-16-13(3)9-10-15(16)19(17(18)20)14-7-5-4-6-8-14;1-11(2)10-17-15-13(8-9-14(15)19)18(16(17)20)12-6-4-3-5-7-12;1-10-8-9-12-13(10)15(2)14(17)16(12)11-6-4-3-5-7-11/h2*4-10,12-13,15-16H,11H2,1-3H3;3-9,11,13-15,19H,10H2,1-2H3;3-10,12-13H,1-2H3/t2*13-,15-,16?;13-,14-,15?;10-,12-,13?/m0000/s1. The van der Waals surface area contributed by atoms with E-state index in [1.54, 1.807) is 11.0 Å². The van der Waals surface area contributed by atoms with Gasteiger partial charge in [-0.1, -0.05) is 184 Å². The molecule has 12 atom stereocenters. The van der Waals surface area contributed by atoms with Gasteiger partial charge in [0.25, 0.3) is 0 Å². The van der Waals surface area contributed by atoms with Crippen molar-refractivity contribution in [2.45, 2.75) is 117 Å². The fraction of sp³-hybridized carbons (Fsp3) is 0.438. The topological polar surface area (TPSA) is 114 Å². The Morgan fingerprint density at radius 3 is 0.948 bits per heavy atom. The molecule has 0 radical (unpaired) electrons. The zero-order chi connectivity index (χ0) is 54.8. The quantitative estimate of drug-likeness (QED) is 0.159. The van der Waals surface area contributed by atoms with Gasteiger partial charge in [-0.15, -0.1) is 0 Å². The molecule has 4 aliphatic heterocycles. The van der Waals surface area contributed by atoms with E-state index in [4.69, 9.17) is 0 Å². The molecule has 1 N–H and O–H groups in total. The molecule has 0 aromatic heterocycles.